The third-order valence-corrected chi connectivity index (χ3v) is 3.77. The molecule has 0 atom stereocenters. The molecule has 0 radical (unpaired) electrons. The summed E-state index contributed by atoms with van der Waals surface area (Å²) >= 11 is 0. The van der Waals surface area contributed by atoms with Crippen LogP contribution in [0.5, 0.6) is 5.75 Å². The van der Waals surface area contributed by atoms with Crippen LogP contribution in [-0.2, 0) is 11.3 Å². The molecule has 3 rings (SSSR count). The van der Waals surface area contributed by atoms with Gasteiger partial charge in [-0.1, -0.05) is 0 Å². The Bertz CT molecular complexity index is 526. The molecule has 0 unspecified atom stereocenters. The standard InChI is InChI=1S/C15H19NO2/c1-17-14-2-3-15-13(10-14)4-7-16(15)11-12-5-8-18-9-6-12/h2-4,7,10,12H,5-6,8-9,11H2,1H3. The lowest BCUT2D eigenvalue weighted by Gasteiger charge is -2.22. The number of methoxy groups -OCH3 is 1. The van der Waals surface area contributed by atoms with Gasteiger partial charge in [-0.3, -0.25) is 0 Å². The third kappa shape index (κ3) is 2.23. The number of fused-ring (bicyclic) bond motifs is 1. The maximum absolute atomic E-state index is 5.41. The van der Waals surface area contributed by atoms with Crippen LogP contribution in [-0.4, -0.2) is 24.9 Å². The van der Waals surface area contributed by atoms with Crippen molar-refractivity contribution in [3.05, 3.63) is 30.5 Å². The van der Waals surface area contributed by atoms with E-state index in [0.717, 1.165) is 31.4 Å². The molecular formula is C15H19NO2. The maximum Gasteiger partial charge on any atom is 0.119 e. The van der Waals surface area contributed by atoms with Crippen LogP contribution in [0.4, 0.5) is 0 Å². The molecule has 0 N–H and O–H groups in total. The highest BCUT2D eigenvalue weighted by atomic mass is 16.5. The molecule has 1 aromatic carbocycles. The van der Waals surface area contributed by atoms with Gasteiger partial charge in [0.15, 0.2) is 0 Å². The lowest BCUT2D eigenvalue weighted by Crippen LogP contribution is -2.19. The number of aromatic nitrogens is 1. The molecule has 0 amide bonds. The summed E-state index contributed by atoms with van der Waals surface area (Å²) in [5, 5.41) is 1.25. The molecule has 1 aliphatic heterocycles. The minimum atomic E-state index is 0.747. The molecule has 1 aliphatic rings. The lowest BCUT2D eigenvalue weighted by molar-refractivity contribution is 0.0616. The first kappa shape index (κ1) is 11.6. The summed E-state index contributed by atoms with van der Waals surface area (Å²) in [5.74, 6) is 1.67. The second-order valence-electron chi connectivity index (χ2n) is 4.95. The summed E-state index contributed by atoms with van der Waals surface area (Å²) in [6.45, 7) is 2.93. The van der Waals surface area contributed by atoms with Crippen LogP contribution < -0.4 is 4.74 Å². The van der Waals surface area contributed by atoms with Gasteiger partial charge in [0.2, 0.25) is 0 Å². The van der Waals surface area contributed by atoms with Crippen molar-refractivity contribution in [3.8, 4) is 5.75 Å². The molecular weight excluding hydrogens is 226 g/mol. The first-order valence-electron chi connectivity index (χ1n) is 6.57. The molecule has 3 nitrogen and oxygen atoms in total. The predicted molar refractivity (Wildman–Crippen MR) is 72.0 cm³/mol. The number of hydrogen-bond donors (Lipinski definition) is 0. The summed E-state index contributed by atoms with van der Waals surface area (Å²) in [5.41, 5.74) is 1.29. The van der Waals surface area contributed by atoms with Crippen molar-refractivity contribution < 1.29 is 9.47 Å². The zero-order valence-electron chi connectivity index (χ0n) is 10.8. The first-order valence-corrected chi connectivity index (χ1v) is 6.57. The van der Waals surface area contributed by atoms with Crippen molar-refractivity contribution in [2.24, 2.45) is 5.92 Å². The molecule has 2 heterocycles. The van der Waals surface area contributed by atoms with E-state index in [1.54, 1.807) is 7.11 Å². The van der Waals surface area contributed by atoms with E-state index in [1.165, 1.54) is 23.7 Å². The Labute approximate surface area is 107 Å². The first-order chi connectivity index (χ1) is 8.86. The van der Waals surface area contributed by atoms with E-state index in [0.29, 0.717) is 0 Å². The maximum atomic E-state index is 5.41. The summed E-state index contributed by atoms with van der Waals surface area (Å²) in [6.07, 6.45) is 4.53. The van der Waals surface area contributed by atoms with Crippen LogP contribution in [0.3, 0.4) is 0 Å². The van der Waals surface area contributed by atoms with Gasteiger partial charge in [-0.05, 0) is 43.0 Å². The molecule has 96 valence electrons. The van der Waals surface area contributed by atoms with E-state index < -0.39 is 0 Å². The lowest BCUT2D eigenvalue weighted by atomic mass is 10.0. The highest BCUT2D eigenvalue weighted by molar-refractivity contribution is 5.81. The van der Waals surface area contributed by atoms with E-state index in [-0.39, 0.29) is 0 Å². The van der Waals surface area contributed by atoms with Gasteiger partial charge >= 0.3 is 0 Å². The topological polar surface area (TPSA) is 23.4 Å². The van der Waals surface area contributed by atoms with Crippen molar-refractivity contribution >= 4 is 10.9 Å². The normalized spacial score (nSPS) is 17.2. The minimum absolute atomic E-state index is 0.747. The molecule has 1 fully saturated rings. The fourth-order valence-corrected chi connectivity index (χ4v) is 2.67. The van der Waals surface area contributed by atoms with Gasteiger partial charge in [0, 0.05) is 36.9 Å². The monoisotopic (exact) mass is 245 g/mol. The summed E-state index contributed by atoms with van der Waals surface area (Å²) in [4.78, 5) is 0. The van der Waals surface area contributed by atoms with Gasteiger partial charge in [0.05, 0.1) is 7.11 Å². The van der Waals surface area contributed by atoms with Crippen LogP contribution in [0.2, 0.25) is 0 Å². The van der Waals surface area contributed by atoms with E-state index in [9.17, 15) is 0 Å². The summed E-state index contributed by atoms with van der Waals surface area (Å²) < 4.78 is 13.0. The van der Waals surface area contributed by atoms with Crippen molar-refractivity contribution in [1.29, 1.82) is 0 Å². The number of rotatable bonds is 3. The number of benzene rings is 1. The Balaban J connectivity index is 1.83. The third-order valence-electron chi connectivity index (χ3n) is 3.77. The Morgan fingerprint density at radius 2 is 2.11 bits per heavy atom. The Morgan fingerprint density at radius 1 is 1.28 bits per heavy atom. The number of ether oxygens (including phenoxy) is 2. The van der Waals surface area contributed by atoms with Crippen molar-refractivity contribution in [1.82, 2.24) is 4.57 Å². The Kier molecular flexibility index (Phi) is 3.24. The molecule has 1 aromatic heterocycles. The molecule has 0 saturated carbocycles. The van der Waals surface area contributed by atoms with Gasteiger partial charge in [-0.15, -0.1) is 0 Å². The smallest absolute Gasteiger partial charge is 0.119 e. The van der Waals surface area contributed by atoms with Crippen LogP contribution in [0.15, 0.2) is 30.5 Å². The van der Waals surface area contributed by atoms with Crippen molar-refractivity contribution in [2.75, 3.05) is 20.3 Å². The van der Waals surface area contributed by atoms with Crippen molar-refractivity contribution in [2.45, 2.75) is 19.4 Å². The van der Waals surface area contributed by atoms with Crippen molar-refractivity contribution in [3.63, 3.8) is 0 Å². The van der Waals surface area contributed by atoms with E-state index in [1.807, 2.05) is 6.07 Å². The fourth-order valence-electron chi connectivity index (χ4n) is 2.67. The van der Waals surface area contributed by atoms with Crippen LogP contribution in [0.25, 0.3) is 10.9 Å². The largest absolute Gasteiger partial charge is 0.497 e. The Morgan fingerprint density at radius 3 is 2.89 bits per heavy atom. The molecule has 2 aromatic rings. The second-order valence-corrected chi connectivity index (χ2v) is 4.95. The molecule has 3 heteroatoms. The highest BCUT2D eigenvalue weighted by Crippen LogP contribution is 2.24. The average Bonchev–Trinajstić information content (AvgIpc) is 2.82. The zero-order chi connectivity index (χ0) is 12.4. The Hall–Kier alpha value is -1.48. The quantitative estimate of drug-likeness (QED) is 0.829. The molecule has 0 spiro atoms. The summed E-state index contributed by atoms with van der Waals surface area (Å²) in [7, 11) is 1.71. The summed E-state index contributed by atoms with van der Waals surface area (Å²) in [6, 6.07) is 8.43. The van der Waals surface area contributed by atoms with Gasteiger partial charge in [0.1, 0.15) is 5.75 Å². The van der Waals surface area contributed by atoms with Gasteiger partial charge in [-0.2, -0.15) is 0 Å². The molecule has 0 bridgehead atoms. The van der Waals surface area contributed by atoms with Crippen LogP contribution in [0.1, 0.15) is 12.8 Å². The van der Waals surface area contributed by atoms with E-state index in [4.69, 9.17) is 9.47 Å². The number of hydrogen-bond acceptors (Lipinski definition) is 2. The highest BCUT2D eigenvalue weighted by Gasteiger charge is 2.15. The number of nitrogens with zero attached hydrogens (tertiary/aromatic N) is 1. The SMILES string of the molecule is COc1ccc2c(ccn2CC2CCOCC2)c1. The van der Waals surface area contributed by atoms with E-state index >= 15 is 0 Å². The zero-order valence-corrected chi connectivity index (χ0v) is 10.8. The van der Waals surface area contributed by atoms with Gasteiger partial charge in [-0.25, -0.2) is 0 Å². The van der Waals surface area contributed by atoms with Gasteiger partial charge < -0.3 is 14.0 Å². The van der Waals surface area contributed by atoms with Gasteiger partial charge in [0.25, 0.3) is 0 Å². The van der Waals surface area contributed by atoms with Crippen LogP contribution in [0, 0.1) is 5.92 Å². The molecule has 1 saturated heterocycles. The van der Waals surface area contributed by atoms with Crippen LogP contribution >= 0.6 is 0 Å². The molecule has 18 heavy (non-hydrogen) atoms. The fraction of sp³-hybridized carbons (Fsp3) is 0.467. The predicted octanol–water partition coefficient (Wildman–Crippen LogP) is 3.08. The molecule has 0 aliphatic carbocycles. The minimum Gasteiger partial charge on any atom is -0.497 e. The average molecular weight is 245 g/mol. The second kappa shape index (κ2) is 5.02. The van der Waals surface area contributed by atoms with E-state index in [2.05, 4.69) is 29.0 Å².